The van der Waals surface area contributed by atoms with Crippen LogP contribution in [-0.2, 0) is 4.74 Å². The minimum absolute atomic E-state index is 0.448. The Bertz CT molecular complexity index is 185. The molecule has 1 amide bonds. The molecule has 0 atom stereocenters. The molecule has 0 aliphatic rings. The van der Waals surface area contributed by atoms with Crippen LogP contribution in [0.5, 0.6) is 0 Å². The fourth-order valence-electron chi connectivity index (χ4n) is 0.773. The Morgan fingerprint density at radius 2 is 2.14 bits per heavy atom. The Morgan fingerprint density at radius 1 is 1.50 bits per heavy atom. The van der Waals surface area contributed by atoms with Gasteiger partial charge in [0.25, 0.3) is 0 Å². The van der Waals surface area contributed by atoms with Crippen molar-refractivity contribution in [3.05, 3.63) is 12.7 Å². The quantitative estimate of drug-likeness (QED) is 0.405. The van der Waals surface area contributed by atoms with Gasteiger partial charge in [-0.15, -0.1) is 6.58 Å². The van der Waals surface area contributed by atoms with Gasteiger partial charge in [0.2, 0.25) is 0 Å². The molecule has 0 unspecified atom stereocenters. The number of amides is 1. The van der Waals surface area contributed by atoms with E-state index in [1.807, 2.05) is 26.8 Å². The molecule has 0 bridgehead atoms. The molecule has 0 heterocycles. The van der Waals surface area contributed by atoms with Gasteiger partial charge in [0.05, 0.1) is 0 Å². The molecule has 0 aromatic carbocycles. The van der Waals surface area contributed by atoms with Gasteiger partial charge in [-0.05, 0) is 33.6 Å². The van der Waals surface area contributed by atoms with Crippen LogP contribution in [-0.4, -0.2) is 18.2 Å². The second-order valence-corrected chi connectivity index (χ2v) is 3.98. The standard InChI is InChI=1S/C10H20N2O2/c1-5-6-7-8-11-12-9(13)14-10(2,3)4/h5,11H,1,6-8H2,2-4H3,(H,12,13). The van der Waals surface area contributed by atoms with Gasteiger partial charge in [0.1, 0.15) is 5.60 Å². The molecule has 0 fully saturated rings. The van der Waals surface area contributed by atoms with Gasteiger partial charge in [-0.25, -0.2) is 10.2 Å². The van der Waals surface area contributed by atoms with Crippen molar-refractivity contribution in [2.24, 2.45) is 0 Å². The summed E-state index contributed by atoms with van der Waals surface area (Å²) in [6, 6.07) is 0. The first-order chi connectivity index (χ1) is 6.45. The number of allylic oxidation sites excluding steroid dienone is 1. The molecule has 0 aromatic rings. The lowest BCUT2D eigenvalue weighted by molar-refractivity contribution is 0.0498. The normalized spacial score (nSPS) is 10.8. The molecule has 0 aromatic heterocycles. The summed E-state index contributed by atoms with van der Waals surface area (Å²) in [7, 11) is 0. The van der Waals surface area contributed by atoms with Gasteiger partial charge in [-0.1, -0.05) is 6.08 Å². The Morgan fingerprint density at radius 3 is 2.64 bits per heavy atom. The highest BCUT2D eigenvalue weighted by Crippen LogP contribution is 2.05. The molecular weight excluding hydrogens is 180 g/mol. The van der Waals surface area contributed by atoms with E-state index in [4.69, 9.17) is 4.74 Å². The third-order valence-corrected chi connectivity index (χ3v) is 1.30. The number of unbranched alkanes of at least 4 members (excludes halogenated alkanes) is 1. The maximum Gasteiger partial charge on any atom is 0.422 e. The summed E-state index contributed by atoms with van der Waals surface area (Å²) in [4.78, 5) is 11.1. The predicted molar refractivity (Wildman–Crippen MR) is 56.8 cm³/mol. The number of hydrogen-bond donors (Lipinski definition) is 2. The zero-order valence-corrected chi connectivity index (χ0v) is 9.22. The van der Waals surface area contributed by atoms with Crippen molar-refractivity contribution in [2.45, 2.75) is 39.2 Å². The monoisotopic (exact) mass is 200 g/mol. The van der Waals surface area contributed by atoms with Gasteiger partial charge >= 0.3 is 6.09 Å². The van der Waals surface area contributed by atoms with Crippen molar-refractivity contribution < 1.29 is 9.53 Å². The topological polar surface area (TPSA) is 50.4 Å². The molecule has 2 N–H and O–H groups in total. The van der Waals surface area contributed by atoms with Crippen molar-refractivity contribution in [3.8, 4) is 0 Å². The number of carbonyl (C=O) groups is 1. The maximum absolute atomic E-state index is 11.1. The minimum Gasteiger partial charge on any atom is -0.443 e. The highest BCUT2D eigenvalue weighted by atomic mass is 16.6. The van der Waals surface area contributed by atoms with E-state index in [0.29, 0.717) is 6.54 Å². The number of hydrogen-bond acceptors (Lipinski definition) is 3. The summed E-state index contributed by atoms with van der Waals surface area (Å²) in [6.45, 7) is 9.79. The minimum atomic E-state index is -0.452. The smallest absolute Gasteiger partial charge is 0.422 e. The van der Waals surface area contributed by atoms with Crippen LogP contribution in [0.1, 0.15) is 33.6 Å². The van der Waals surface area contributed by atoms with Crippen LogP contribution in [0.25, 0.3) is 0 Å². The molecule has 4 nitrogen and oxygen atoms in total. The van der Waals surface area contributed by atoms with Gasteiger partial charge in [-0.3, -0.25) is 5.43 Å². The molecule has 0 aliphatic carbocycles. The Balaban J connectivity index is 3.41. The highest BCUT2D eigenvalue weighted by molar-refractivity contribution is 5.66. The van der Waals surface area contributed by atoms with Gasteiger partial charge in [0.15, 0.2) is 0 Å². The van der Waals surface area contributed by atoms with E-state index in [-0.39, 0.29) is 0 Å². The van der Waals surface area contributed by atoms with Crippen molar-refractivity contribution in [1.82, 2.24) is 10.9 Å². The van der Waals surface area contributed by atoms with Crippen molar-refractivity contribution in [2.75, 3.05) is 6.54 Å². The largest absolute Gasteiger partial charge is 0.443 e. The Kier molecular flexibility index (Phi) is 5.95. The first-order valence-electron chi connectivity index (χ1n) is 4.78. The van der Waals surface area contributed by atoms with Crippen LogP contribution in [0.3, 0.4) is 0 Å². The fourth-order valence-corrected chi connectivity index (χ4v) is 0.773. The summed E-state index contributed by atoms with van der Waals surface area (Å²) in [5.41, 5.74) is 4.77. The second kappa shape index (κ2) is 6.43. The Labute approximate surface area is 85.7 Å². The average Bonchev–Trinajstić information content (AvgIpc) is 2.00. The van der Waals surface area contributed by atoms with Crippen LogP contribution in [0.15, 0.2) is 12.7 Å². The first-order valence-corrected chi connectivity index (χ1v) is 4.78. The van der Waals surface area contributed by atoms with Crippen LogP contribution >= 0.6 is 0 Å². The molecule has 0 aliphatic heterocycles. The summed E-state index contributed by atoms with van der Waals surface area (Å²) < 4.78 is 5.01. The average molecular weight is 200 g/mol. The third-order valence-electron chi connectivity index (χ3n) is 1.30. The zero-order chi connectivity index (χ0) is 11.0. The lowest BCUT2D eigenvalue weighted by Crippen LogP contribution is -2.41. The van der Waals surface area contributed by atoms with Gasteiger partial charge < -0.3 is 4.74 Å². The van der Waals surface area contributed by atoms with Crippen molar-refractivity contribution in [3.63, 3.8) is 0 Å². The Hall–Kier alpha value is -1.03. The summed E-state index contributed by atoms with van der Waals surface area (Å²) in [5, 5.41) is 0. The molecule has 14 heavy (non-hydrogen) atoms. The van der Waals surface area contributed by atoms with E-state index in [1.54, 1.807) is 0 Å². The SMILES string of the molecule is C=CCCCNNC(=O)OC(C)(C)C. The summed E-state index contributed by atoms with van der Waals surface area (Å²) in [5.74, 6) is 0. The van der Waals surface area contributed by atoms with E-state index >= 15 is 0 Å². The summed E-state index contributed by atoms with van der Waals surface area (Å²) in [6.07, 6.45) is 3.27. The van der Waals surface area contributed by atoms with Crippen LogP contribution in [0.2, 0.25) is 0 Å². The zero-order valence-electron chi connectivity index (χ0n) is 9.22. The second-order valence-electron chi connectivity index (χ2n) is 3.98. The van der Waals surface area contributed by atoms with Gasteiger partial charge in [0, 0.05) is 6.54 Å². The highest BCUT2D eigenvalue weighted by Gasteiger charge is 2.15. The van der Waals surface area contributed by atoms with E-state index in [0.717, 1.165) is 12.8 Å². The molecule has 0 saturated heterocycles. The maximum atomic E-state index is 11.1. The predicted octanol–water partition coefficient (Wildman–Crippen LogP) is 1.98. The van der Waals surface area contributed by atoms with E-state index in [2.05, 4.69) is 17.4 Å². The molecule has 0 rings (SSSR count). The number of hydrazine groups is 1. The molecule has 4 heteroatoms. The molecule has 0 radical (unpaired) electrons. The van der Waals surface area contributed by atoms with Crippen LogP contribution < -0.4 is 10.9 Å². The molecule has 0 saturated carbocycles. The first kappa shape index (κ1) is 13.0. The summed E-state index contributed by atoms with van der Waals surface area (Å²) >= 11 is 0. The number of ether oxygens (including phenoxy) is 1. The number of carbonyl (C=O) groups excluding carboxylic acids is 1. The van der Waals surface area contributed by atoms with Crippen molar-refractivity contribution in [1.29, 1.82) is 0 Å². The van der Waals surface area contributed by atoms with E-state index in [9.17, 15) is 4.79 Å². The third kappa shape index (κ3) is 9.06. The molecule has 0 spiro atoms. The van der Waals surface area contributed by atoms with Crippen LogP contribution in [0.4, 0.5) is 4.79 Å². The number of rotatable bonds is 5. The van der Waals surface area contributed by atoms with E-state index in [1.165, 1.54) is 0 Å². The molecule has 82 valence electrons. The lowest BCUT2D eigenvalue weighted by atomic mass is 10.2. The lowest BCUT2D eigenvalue weighted by Gasteiger charge is -2.19. The van der Waals surface area contributed by atoms with Gasteiger partial charge in [-0.2, -0.15) is 0 Å². The molecular formula is C10H20N2O2. The van der Waals surface area contributed by atoms with E-state index < -0.39 is 11.7 Å². The fraction of sp³-hybridized carbons (Fsp3) is 0.700. The van der Waals surface area contributed by atoms with Crippen LogP contribution in [0, 0.1) is 0 Å². The number of nitrogens with one attached hydrogen (secondary N) is 2. The van der Waals surface area contributed by atoms with Crippen molar-refractivity contribution >= 4 is 6.09 Å².